The van der Waals surface area contributed by atoms with E-state index >= 15 is 0 Å². The van der Waals surface area contributed by atoms with Crippen molar-refractivity contribution >= 4 is 0 Å². The van der Waals surface area contributed by atoms with E-state index in [-0.39, 0.29) is 11.9 Å². The lowest BCUT2D eigenvalue weighted by Crippen LogP contribution is -2.11. The maximum absolute atomic E-state index is 13.3. The van der Waals surface area contributed by atoms with Gasteiger partial charge in [-0.3, -0.25) is 0 Å². The zero-order valence-corrected chi connectivity index (χ0v) is 8.67. The van der Waals surface area contributed by atoms with Crippen molar-refractivity contribution < 1.29 is 4.39 Å². The number of hydrogen-bond donors (Lipinski definition) is 1. The molecule has 1 aromatic carbocycles. The van der Waals surface area contributed by atoms with Crippen molar-refractivity contribution in [3.63, 3.8) is 0 Å². The molecule has 2 heteroatoms. The van der Waals surface area contributed by atoms with Gasteiger partial charge in [0.05, 0.1) is 0 Å². The fourth-order valence-corrected chi connectivity index (χ4v) is 1.55. The second-order valence-corrected chi connectivity index (χ2v) is 3.62. The van der Waals surface area contributed by atoms with Crippen molar-refractivity contribution in [2.75, 3.05) is 0 Å². The lowest BCUT2D eigenvalue weighted by atomic mass is 10.0. The number of nitrogens with two attached hydrogens (primary N) is 1. The van der Waals surface area contributed by atoms with Crippen LogP contribution >= 0.6 is 0 Å². The first kappa shape index (κ1) is 11.2. The Morgan fingerprint density at radius 3 is 2.64 bits per heavy atom. The first-order valence-electron chi connectivity index (χ1n) is 5.25. The third-order valence-corrected chi connectivity index (χ3v) is 2.42. The summed E-state index contributed by atoms with van der Waals surface area (Å²) in [5.74, 6) is -0.184. The van der Waals surface area contributed by atoms with Gasteiger partial charge in [-0.2, -0.15) is 0 Å². The van der Waals surface area contributed by atoms with Crippen LogP contribution in [0.2, 0.25) is 0 Å². The van der Waals surface area contributed by atoms with Crippen LogP contribution in [-0.2, 0) is 0 Å². The van der Waals surface area contributed by atoms with Gasteiger partial charge < -0.3 is 5.73 Å². The van der Waals surface area contributed by atoms with E-state index in [1.807, 2.05) is 6.07 Å². The average molecular weight is 195 g/mol. The summed E-state index contributed by atoms with van der Waals surface area (Å²) in [7, 11) is 0. The van der Waals surface area contributed by atoms with Gasteiger partial charge in [0, 0.05) is 11.6 Å². The highest BCUT2D eigenvalue weighted by atomic mass is 19.1. The van der Waals surface area contributed by atoms with E-state index in [9.17, 15) is 4.39 Å². The summed E-state index contributed by atoms with van der Waals surface area (Å²) in [6, 6.07) is 6.61. The molecule has 0 heterocycles. The Bertz CT molecular complexity index is 273. The summed E-state index contributed by atoms with van der Waals surface area (Å²) < 4.78 is 13.3. The predicted octanol–water partition coefficient (Wildman–Crippen LogP) is 3.41. The monoisotopic (exact) mass is 195 g/mol. The Kier molecular flexibility index (Phi) is 4.60. The highest BCUT2D eigenvalue weighted by molar-refractivity contribution is 5.20. The van der Waals surface area contributed by atoms with Crippen molar-refractivity contribution in [3.05, 3.63) is 35.6 Å². The summed E-state index contributed by atoms with van der Waals surface area (Å²) in [5.41, 5.74) is 6.54. The summed E-state index contributed by atoms with van der Waals surface area (Å²) in [6.07, 6.45) is 4.28. The number of rotatable bonds is 5. The SMILES string of the molecule is CCCCC[C@H](N)c1ccccc1F. The molecule has 1 atom stereocenters. The van der Waals surface area contributed by atoms with E-state index in [4.69, 9.17) is 5.73 Å². The minimum Gasteiger partial charge on any atom is -0.324 e. The molecule has 0 aliphatic rings. The van der Waals surface area contributed by atoms with Crippen molar-refractivity contribution in [1.82, 2.24) is 0 Å². The number of unbranched alkanes of at least 4 members (excludes halogenated alkanes) is 2. The molecular weight excluding hydrogens is 177 g/mol. The Balaban J connectivity index is 2.51. The lowest BCUT2D eigenvalue weighted by Gasteiger charge is -2.12. The molecule has 0 saturated heterocycles. The van der Waals surface area contributed by atoms with Gasteiger partial charge in [0.15, 0.2) is 0 Å². The van der Waals surface area contributed by atoms with Gasteiger partial charge in [-0.05, 0) is 12.5 Å². The van der Waals surface area contributed by atoms with E-state index in [1.165, 1.54) is 18.9 Å². The molecule has 0 fully saturated rings. The normalized spacial score (nSPS) is 12.8. The maximum atomic E-state index is 13.3. The highest BCUT2D eigenvalue weighted by Gasteiger charge is 2.09. The summed E-state index contributed by atoms with van der Waals surface area (Å²) in [6.45, 7) is 2.15. The Morgan fingerprint density at radius 2 is 2.00 bits per heavy atom. The van der Waals surface area contributed by atoms with E-state index in [0.717, 1.165) is 12.8 Å². The second kappa shape index (κ2) is 5.76. The lowest BCUT2D eigenvalue weighted by molar-refractivity contribution is 0.539. The largest absolute Gasteiger partial charge is 0.324 e. The van der Waals surface area contributed by atoms with Crippen LogP contribution in [0.15, 0.2) is 24.3 Å². The van der Waals surface area contributed by atoms with Gasteiger partial charge in [0.25, 0.3) is 0 Å². The van der Waals surface area contributed by atoms with Crippen LogP contribution in [0.3, 0.4) is 0 Å². The fourth-order valence-electron chi connectivity index (χ4n) is 1.55. The smallest absolute Gasteiger partial charge is 0.127 e. The van der Waals surface area contributed by atoms with Crippen LogP contribution in [-0.4, -0.2) is 0 Å². The molecule has 2 N–H and O–H groups in total. The van der Waals surface area contributed by atoms with Gasteiger partial charge >= 0.3 is 0 Å². The second-order valence-electron chi connectivity index (χ2n) is 3.62. The molecule has 0 aliphatic heterocycles. The standard InChI is InChI=1S/C12H18FN/c1-2-3-4-9-12(14)10-7-5-6-8-11(10)13/h5-8,12H,2-4,9,14H2,1H3/t12-/m0/s1. The fraction of sp³-hybridized carbons (Fsp3) is 0.500. The van der Waals surface area contributed by atoms with E-state index in [1.54, 1.807) is 12.1 Å². The van der Waals surface area contributed by atoms with Crippen molar-refractivity contribution in [1.29, 1.82) is 0 Å². The number of benzene rings is 1. The molecular formula is C12H18FN. The molecule has 0 aliphatic carbocycles. The molecule has 0 radical (unpaired) electrons. The minimum absolute atomic E-state index is 0.150. The molecule has 0 amide bonds. The molecule has 0 aromatic heterocycles. The van der Waals surface area contributed by atoms with Gasteiger partial charge in [-0.1, -0.05) is 44.4 Å². The zero-order chi connectivity index (χ0) is 10.4. The molecule has 14 heavy (non-hydrogen) atoms. The van der Waals surface area contributed by atoms with Crippen molar-refractivity contribution in [2.45, 2.75) is 38.6 Å². The molecule has 0 saturated carbocycles. The van der Waals surface area contributed by atoms with E-state index < -0.39 is 0 Å². The summed E-state index contributed by atoms with van der Waals surface area (Å²) in [4.78, 5) is 0. The van der Waals surface area contributed by atoms with Crippen molar-refractivity contribution in [3.8, 4) is 0 Å². The third kappa shape index (κ3) is 3.11. The number of hydrogen-bond acceptors (Lipinski definition) is 1. The molecule has 0 spiro atoms. The first-order chi connectivity index (χ1) is 6.75. The quantitative estimate of drug-likeness (QED) is 0.716. The Labute approximate surface area is 85.1 Å². The van der Waals surface area contributed by atoms with Crippen LogP contribution in [0.25, 0.3) is 0 Å². The van der Waals surface area contributed by atoms with E-state index in [2.05, 4.69) is 6.92 Å². The van der Waals surface area contributed by atoms with Crippen LogP contribution in [0, 0.1) is 5.82 Å². The molecule has 0 bridgehead atoms. The van der Waals surface area contributed by atoms with Gasteiger partial charge in [-0.15, -0.1) is 0 Å². The molecule has 0 unspecified atom stereocenters. The average Bonchev–Trinajstić information content (AvgIpc) is 2.18. The van der Waals surface area contributed by atoms with Crippen LogP contribution in [0.1, 0.15) is 44.2 Å². The molecule has 1 aromatic rings. The topological polar surface area (TPSA) is 26.0 Å². The zero-order valence-electron chi connectivity index (χ0n) is 8.67. The molecule has 1 rings (SSSR count). The molecule has 78 valence electrons. The predicted molar refractivity (Wildman–Crippen MR) is 57.5 cm³/mol. The Morgan fingerprint density at radius 1 is 1.29 bits per heavy atom. The molecule has 1 nitrogen and oxygen atoms in total. The first-order valence-corrected chi connectivity index (χ1v) is 5.25. The summed E-state index contributed by atoms with van der Waals surface area (Å²) in [5, 5.41) is 0. The van der Waals surface area contributed by atoms with Crippen molar-refractivity contribution in [2.24, 2.45) is 5.73 Å². The Hall–Kier alpha value is -0.890. The van der Waals surface area contributed by atoms with E-state index in [0.29, 0.717) is 5.56 Å². The van der Waals surface area contributed by atoms with Crippen LogP contribution in [0.5, 0.6) is 0 Å². The van der Waals surface area contributed by atoms with Gasteiger partial charge in [0.1, 0.15) is 5.82 Å². The van der Waals surface area contributed by atoms with Gasteiger partial charge in [0.2, 0.25) is 0 Å². The van der Waals surface area contributed by atoms with Gasteiger partial charge in [-0.25, -0.2) is 4.39 Å². The third-order valence-electron chi connectivity index (χ3n) is 2.42. The maximum Gasteiger partial charge on any atom is 0.127 e. The summed E-state index contributed by atoms with van der Waals surface area (Å²) >= 11 is 0. The number of halogens is 1. The van der Waals surface area contributed by atoms with Crippen LogP contribution < -0.4 is 5.73 Å². The highest BCUT2D eigenvalue weighted by Crippen LogP contribution is 2.19. The minimum atomic E-state index is -0.184. The van der Waals surface area contributed by atoms with Crippen LogP contribution in [0.4, 0.5) is 4.39 Å².